The Labute approximate surface area is 134 Å². The topological polar surface area (TPSA) is 50.4 Å². The van der Waals surface area contributed by atoms with Gasteiger partial charge in [0.05, 0.1) is 5.56 Å². The lowest BCUT2D eigenvalue weighted by molar-refractivity contribution is -0.138. The van der Waals surface area contributed by atoms with Crippen LogP contribution in [0.2, 0.25) is 0 Å². The molecule has 0 amide bonds. The number of aliphatic imine (C=N–C) groups is 1. The van der Waals surface area contributed by atoms with Crippen molar-refractivity contribution in [3.63, 3.8) is 0 Å². The predicted octanol–water partition coefficient (Wildman–Crippen LogP) is 4.00. The molecule has 23 heavy (non-hydrogen) atoms. The van der Waals surface area contributed by atoms with Crippen LogP contribution in [0.15, 0.2) is 40.5 Å². The summed E-state index contributed by atoms with van der Waals surface area (Å²) >= 11 is 0. The molecule has 1 aromatic carbocycles. The number of halogens is 3. The Morgan fingerprint density at radius 2 is 1.87 bits per heavy atom. The van der Waals surface area contributed by atoms with Crippen LogP contribution in [0, 0.1) is 0 Å². The van der Waals surface area contributed by atoms with Crippen LogP contribution in [0.3, 0.4) is 0 Å². The summed E-state index contributed by atoms with van der Waals surface area (Å²) in [6, 6.07) is 5.58. The summed E-state index contributed by atoms with van der Waals surface area (Å²) < 4.78 is 39.1. The van der Waals surface area contributed by atoms with Gasteiger partial charge in [0.15, 0.2) is 0 Å². The number of rotatable bonds is 3. The highest BCUT2D eigenvalue weighted by atomic mass is 19.4. The molecule has 0 saturated carbocycles. The fraction of sp³-hybridized carbons (Fsp3) is 0.471. The van der Waals surface area contributed by atoms with Crippen molar-refractivity contribution in [1.82, 2.24) is 5.32 Å². The highest BCUT2D eigenvalue weighted by Gasteiger charge is 2.32. The Balaban J connectivity index is 2.16. The van der Waals surface area contributed by atoms with E-state index in [1.807, 2.05) is 0 Å². The van der Waals surface area contributed by atoms with Gasteiger partial charge in [-0.2, -0.15) is 13.2 Å². The second-order valence-corrected chi connectivity index (χ2v) is 5.65. The molecule has 3 N–H and O–H groups in total. The van der Waals surface area contributed by atoms with Gasteiger partial charge in [-0.25, -0.2) is 0 Å². The van der Waals surface area contributed by atoms with Crippen molar-refractivity contribution in [2.24, 2.45) is 10.7 Å². The zero-order valence-corrected chi connectivity index (χ0v) is 13.2. The zero-order valence-electron chi connectivity index (χ0n) is 13.2. The second kappa shape index (κ2) is 7.53. The Kier molecular flexibility index (Phi) is 5.69. The number of amidine groups is 1. The maximum atomic E-state index is 13.0. The summed E-state index contributed by atoms with van der Waals surface area (Å²) in [6.45, 7) is 0.0686. The first kappa shape index (κ1) is 17.4. The monoisotopic (exact) mass is 325 g/mol. The molecular formula is C17H22F3N3. The van der Waals surface area contributed by atoms with Crippen LogP contribution in [-0.2, 0) is 12.7 Å². The van der Waals surface area contributed by atoms with Gasteiger partial charge in [0, 0.05) is 24.9 Å². The molecule has 0 spiro atoms. The van der Waals surface area contributed by atoms with Crippen LogP contribution >= 0.6 is 0 Å². The molecule has 0 heterocycles. The fourth-order valence-corrected chi connectivity index (χ4v) is 2.83. The SMILES string of the molecule is CN=C(NCc1ccccc1C(F)(F)F)C1=C(N)CCCCC1. The van der Waals surface area contributed by atoms with Gasteiger partial charge >= 0.3 is 6.18 Å². The van der Waals surface area contributed by atoms with Crippen molar-refractivity contribution >= 4 is 5.84 Å². The van der Waals surface area contributed by atoms with Crippen LogP contribution < -0.4 is 11.1 Å². The van der Waals surface area contributed by atoms with Gasteiger partial charge in [0.1, 0.15) is 5.84 Å². The lowest BCUT2D eigenvalue weighted by atomic mass is 10.1. The molecule has 0 radical (unpaired) electrons. The Morgan fingerprint density at radius 3 is 2.57 bits per heavy atom. The van der Waals surface area contributed by atoms with Crippen molar-refractivity contribution in [1.29, 1.82) is 0 Å². The smallest absolute Gasteiger partial charge is 0.402 e. The lowest BCUT2D eigenvalue weighted by Crippen LogP contribution is -2.28. The molecule has 126 valence electrons. The fourth-order valence-electron chi connectivity index (χ4n) is 2.83. The molecule has 0 fully saturated rings. The van der Waals surface area contributed by atoms with Crippen molar-refractivity contribution in [3.05, 3.63) is 46.7 Å². The van der Waals surface area contributed by atoms with Gasteiger partial charge in [-0.15, -0.1) is 0 Å². The predicted molar refractivity (Wildman–Crippen MR) is 85.9 cm³/mol. The highest BCUT2D eigenvalue weighted by molar-refractivity contribution is 5.98. The van der Waals surface area contributed by atoms with Crippen molar-refractivity contribution < 1.29 is 13.2 Å². The summed E-state index contributed by atoms with van der Waals surface area (Å²) in [5.74, 6) is 0.598. The molecule has 0 unspecified atom stereocenters. The first-order valence-corrected chi connectivity index (χ1v) is 7.77. The largest absolute Gasteiger partial charge is 0.416 e. The Morgan fingerprint density at radius 1 is 1.17 bits per heavy atom. The minimum atomic E-state index is -4.36. The van der Waals surface area contributed by atoms with Crippen LogP contribution in [0.5, 0.6) is 0 Å². The zero-order chi connectivity index (χ0) is 16.9. The summed E-state index contributed by atoms with van der Waals surface area (Å²) in [6.07, 6.45) is 0.446. The van der Waals surface area contributed by atoms with Gasteiger partial charge in [0.2, 0.25) is 0 Å². The average molecular weight is 325 g/mol. The van der Waals surface area contributed by atoms with E-state index in [1.54, 1.807) is 13.1 Å². The number of alkyl halides is 3. The maximum Gasteiger partial charge on any atom is 0.416 e. The minimum absolute atomic E-state index is 0.0686. The number of hydrogen-bond donors (Lipinski definition) is 2. The number of nitrogens with two attached hydrogens (primary N) is 1. The number of benzene rings is 1. The van der Waals surface area contributed by atoms with E-state index in [1.165, 1.54) is 12.1 Å². The van der Waals surface area contributed by atoms with E-state index in [4.69, 9.17) is 5.73 Å². The quantitative estimate of drug-likeness (QED) is 0.652. The first-order chi connectivity index (χ1) is 10.9. The molecule has 0 atom stereocenters. The van der Waals surface area contributed by atoms with Gasteiger partial charge in [-0.3, -0.25) is 4.99 Å². The van der Waals surface area contributed by atoms with E-state index in [2.05, 4.69) is 10.3 Å². The summed E-state index contributed by atoms with van der Waals surface area (Å²) in [5, 5.41) is 3.04. The molecule has 0 bridgehead atoms. The molecule has 1 aromatic rings. The van der Waals surface area contributed by atoms with Crippen LogP contribution in [0.25, 0.3) is 0 Å². The normalized spacial score (nSPS) is 17.1. The Bertz CT molecular complexity index is 603. The summed E-state index contributed by atoms with van der Waals surface area (Å²) in [7, 11) is 1.63. The molecule has 6 heteroatoms. The second-order valence-electron chi connectivity index (χ2n) is 5.65. The number of allylic oxidation sites excluding steroid dienone is 1. The molecule has 0 saturated heterocycles. The number of nitrogens with one attached hydrogen (secondary N) is 1. The number of nitrogens with zero attached hydrogens (tertiary/aromatic N) is 1. The van der Waals surface area contributed by atoms with Crippen molar-refractivity contribution in [2.75, 3.05) is 7.05 Å². The molecular weight excluding hydrogens is 303 g/mol. The van der Waals surface area contributed by atoms with E-state index >= 15 is 0 Å². The van der Waals surface area contributed by atoms with E-state index in [-0.39, 0.29) is 12.1 Å². The van der Waals surface area contributed by atoms with Crippen molar-refractivity contribution in [2.45, 2.75) is 44.8 Å². The molecule has 0 aromatic heterocycles. The minimum Gasteiger partial charge on any atom is -0.402 e. The molecule has 0 aliphatic heterocycles. The van der Waals surface area contributed by atoms with E-state index < -0.39 is 11.7 Å². The molecule has 1 aliphatic rings. The summed E-state index contributed by atoms with van der Waals surface area (Å²) in [4.78, 5) is 4.20. The van der Waals surface area contributed by atoms with Crippen molar-refractivity contribution in [3.8, 4) is 0 Å². The third-order valence-electron chi connectivity index (χ3n) is 4.04. The molecule has 3 nitrogen and oxygen atoms in total. The summed E-state index contributed by atoms with van der Waals surface area (Å²) in [5.41, 5.74) is 7.42. The van der Waals surface area contributed by atoms with Gasteiger partial charge in [0.25, 0.3) is 0 Å². The first-order valence-electron chi connectivity index (χ1n) is 7.77. The van der Waals surface area contributed by atoms with E-state index in [9.17, 15) is 13.2 Å². The molecule has 2 rings (SSSR count). The molecule has 1 aliphatic carbocycles. The average Bonchev–Trinajstić information content (AvgIpc) is 2.72. The van der Waals surface area contributed by atoms with Crippen LogP contribution in [-0.4, -0.2) is 12.9 Å². The van der Waals surface area contributed by atoms with Crippen LogP contribution in [0.1, 0.15) is 43.2 Å². The van der Waals surface area contributed by atoms with E-state index in [0.717, 1.165) is 49.4 Å². The van der Waals surface area contributed by atoms with Gasteiger partial charge in [-0.05, 0) is 37.3 Å². The number of hydrogen-bond acceptors (Lipinski definition) is 2. The maximum absolute atomic E-state index is 13.0. The van der Waals surface area contributed by atoms with Gasteiger partial charge in [-0.1, -0.05) is 24.6 Å². The van der Waals surface area contributed by atoms with Crippen LogP contribution in [0.4, 0.5) is 13.2 Å². The van der Waals surface area contributed by atoms with E-state index in [0.29, 0.717) is 5.84 Å². The third kappa shape index (κ3) is 4.50. The lowest BCUT2D eigenvalue weighted by Gasteiger charge is -2.17. The van der Waals surface area contributed by atoms with Gasteiger partial charge < -0.3 is 11.1 Å². The Hall–Kier alpha value is -1.98. The third-order valence-corrected chi connectivity index (χ3v) is 4.04. The standard InChI is InChI=1S/C17H22F3N3/c1-22-16(13-8-3-2-4-10-15(13)21)23-11-12-7-5-6-9-14(12)17(18,19)20/h5-7,9H,2-4,8,10-11,21H2,1H3,(H,22,23). The highest BCUT2D eigenvalue weighted by Crippen LogP contribution is 2.31.